The standard InChI is InChI=1S/C12H14O2/c1-4-9(2)12(13)10-5-7-11(14-3)8-6-10/h4-9H,1H2,2-3H3. The van der Waals surface area contributed by atoms with Crippen molar-refractivity contribution in [3.05, 3.63) is 42.5 Å². The minimum absolute atomic E-state index is 0.0858. The summed E-state index contributed by atoms with van der Waals surface area (Å²) in [6.07, 6.45) is 1.65. The molecule has 0 bridgehead atoms. The number of Topliss-reactive ketones (excluding diaryl/α,β-unsaturated/α-hetero) is 1. The number of rotatable bonds is 4. The summed E-state index contributed by atoms with van der Waals surface area (Å²) >= 11 is 0. The molecule has 0 saturated carbocycles. The average molecular weight is 190 g/mol. The predicted octanol–water partition coefficient (Wildman–Crippen LogP) is 2.70. The molecule has 0 amide bonds. The summed E-state index contributed by atoms with van der Waals surface area (Å²) in [4.78, 5) is 11.7. The third-order valence-electron chi connectivity index (χ3n) is 2.14. The first-order valence-corrected chi connectivity index (χ1v) is 4.50. The van der Waals surface area contributed by atoms with Crippen LogP contribution in [0.5, 0.6) is 5.75 Å². The molecule has 0 aliphatic rings. The summed E-state index contributed by atoms with van der Waals surface area (Å²) in [5.74, 6) is 0.707. The fraction of sp³-hybridized carbons (Fsp3) is 0.250. The lowest BCUT2D eigenvalue weighted by Gasteiger charge is -2.05. The zero-order chi connectivity index (χ0) is 10.6. The second kappa shape index (κ2) is 4.61. The topological polar surface area (TPSA) is 26.3 Å². The number of allylic oxidation sites excluding steroid dienone is 1. The fourth-order valence-corrected chi connectivity index (χ4v) is 1.13. The lowest BCUT2D eigenvalue weighted by atomic mass is 10.00. The minimum atomic E-state index is -0.136. The first-order chi connectivity index (χ1) is 6.69. The van der Waals surface area contributed by atoms with Gasteiger partial charge in [-0.05, 0) is 24.3 Å². The number of benzene rings is 1. The fourth-order valence-electron chi connectivity index (χ4n) is 1.13. The number of hydrogen-bond acceptors (Lipinski definition) is 2. The van der Waals surface area contributed by atoms with Crippen LogP contribution < -0.4 is 4.74 Å². The van der Waals surface area contributed by atoms with E-state index in [1.54, 1.807) is 37.5 Å². The van der Waals surface area contributed by atoms with Gasteiger partial charge in [0.05, 0.1) is 7.11 Å². The summed E-state index contributed by atoms with van der Waals surface area (Å²) in [5, 5.41) is 0. The van der Waals surface area contributed by atoms with Crippen LogP contribution in [0.2, 0.25) is 0 Å². The maximum Gasteiger partial charge on any atom is 0.169 e. The largest absolute Gasteiger partial charge is 0.497 e. The molecular formula is C12H14O2. The number of hydrogen-bond donors (Lipinski definition) is 0. The molecule has 74 valence electrons. The van der Waals surface area contributed by atoms with Gasteiger partial charge < -0.3 is 4.74 Å². The Balaban J connectivity index is 2.86. The lowest BCUT2D eigenvalue weighted by molar-refractivity contribution is 0.0953. The van der Waals surface area contributed by atoms with E-state index in [1.165, 1.54) is 0 Å². The molecule has 0 saturated heterocycles. The zero-order valence-corrected chi connectivity index (χ0v) is 8.49. The third kappa shape index (κ3) is 2.22. The molecule has 2 heteroatoms. The Hall–Kier alpha value is -1.57. The van der Waals surface area contributed by atoms with Crippen LogP contribution in [-0.2, 0) is 0 Å². The molecule has 0 aliphatic heterocycles. The van der Waals surface area contributed by atoms with Crippen LogP contribution in [0.3, 0.4) is 0 Å². The molecule has 1 aromatic rings. The van der Waals surface area contributed by atoms with Crippen molar-refractivity contribution in [3.63, 3.8) is 0 Å². The van der Waals surface area contributed by atoms with Gasteiger partial charge in [0.25, 0.3) is 0 Å². The van der Waals surface area contributed by atoms with Crippen molar-refractivity contribution >= 4 is 5.78 Å². The van der Waals surface area contributed by atoms with Gasteiger partial charge in [-0.3, -0.25) is 4.79 Å². The van der Waals surface area contributed by atoms with Gasteiger partial charge in [0.1, 0.15) is 5.75 Å². The molecular weight excluding hydrogens is 176 g/mol. The van der Waals surface area contributed by atoms with Crippen LogP contribution in [0.4, 0.5) is 0 Å². The second-order valence-electron chi connectivity index (χ2n) is 3.12. The quantitative estimate of drug-likeness (QED) is 0.539. The highest BCUT2D eigenvalue weighted by Gasteiger charge is 2.11. The summed E-state index contributed by atoms with van der Waals surface area (Å²) in [6.45, 7) is 5.43. The Morgan fingerprint density at radius 1 is 1.43 bits per heavy atom. The smallest absolute Gasteiger partial charge is 0.169 e. The Morgan fingerprint density at radius 3 is 2.43 bits per heavy atom. The highest BCUT2D eigenvalue weighted by molar-refractivity contribution is 5.98. The van der Waals surface area contributed by atoms with E-state index < -0.39 is 0 Å². The van der Waals surface area contributed by atoms with Crippen LogP contribution in [0, 0.1) is 5.92 Å². The molecule has 0 spiro atoms. The second-order valence-corrected chi connectivity index (χ2v) is 3.12. The van der Waals surface area contributed by atoms with E-state index in [-0.39, 0.29) is 11.7 Å². The number of carbonyl (C=O) groups excluding carboxylic acids is 1. The SMILES string of the molecule is C=CC(C)C(=O)c1ccc(OC)cc1. The molecule has 1 aromatic carbocycles. The van der Waals surface area contributed by atoms with Gasteiger partial charge in [-0.25, -0.2) is 0 Å². The van der Waals surface area contributed by atoms with E-state index >= 15 is 0 Å². The number of ether oxygens (including phenoxy) is 1. The molecule has 1 unspecified atom stereocenters. The lowest BCUT2D eigenvalue weighted by Crippen LogP contribution is -2.08. The molecule has 0 aliphatic carbocycles. The van der Waals surface area contributed by atoms with Crippen molar-refractivity contribution in [1.82, 2.24) is 0 Å². The van der Waals surface area contributed by atoms with E-state index in [9.17, 15) is 4.79 Å². The number of ketones is 1. The molecule has 0 radical (unpaired) electrons. The summed E-state index contributed by atoms with van der Waals surface area (Å²) in [6, 6.07) is 7.09. The minimum Gasteiger partial charge on any atom is -0.497 e. The summed E-state index contributed by atoms with van der Waals surface area (Å²) in [7, 11) is 1.60. The van der Waals surface area contributed by atoms with Crippen LogP contribution in [0.15, 0.2) is 36.9 Å². The van der Waals surface area contributed by atoms with E-state index in [0.717, 1.165) is 5.75 Å². The Kier molecular flexibility index (Phi) is 3.46. The molecule has 0 aromatic heterocycles. The summed E-state index contributed by atoms with van der Waals surface area (Å²) in [5.41, 5.74) is 0.693. The highest BCUT2D eigenvalue weighted by atomic mass is 16.5. The molecule has 1 rings (SSSR count). The maximum absolute atomic E-state index is 11.7. The monoisotopic (exact) mass is 190 g/mol. The zero-order valence-electron chi connectivity index (χ0n) is 8.49. The summed E-state index contributed by atoms with van der Waals surface area (Å²) < 4.78 is 5.00. The normalized spacial score (nSPS) is 11.9. The molecule has 1 atom stereocenters. The van der Waals surface area contributed by atoms with Gasteiger partial charge in [0, 0.05) is 11.5 Å². The van der Waals surface area contributed by atoms with Crippen molar-refractivity contribution in [2.45, 2.75) is 6.92 Å². The van der Waals surface area contributed by atoms with Crippen molar-refractivity contribution in [2.24, 2.45) is 5.92 Å². The number of carbonyl (C=O) groups is 1. The van der Waals surface area contributed by atoms with Crippen LogP contribution >= 0.6 is 0 Å². The van der Waals surface area contributed by atoms with Crippen LogP contribution in [0.1, 0.15) is 17.3 Å². The molecule has 0 N–H and O–H groups in total. The van der Waals surface area contributed by atoms with E-state index in [4.69, 9.17) is 4.74 Å². The van der Waals surface area contributed by atoms with E-state index in [1.807, 2.05) is 6.92 Å². The van der Waals surface area contributed by atoms with Crippen LogP contribution in [0.25, 0.3) is 0 Å². The highest BCUT2D eigenvalue weighted by Crippen LogP contribution is 2.14. The van der Waals surface area contributed by atoms with Crippen molar-refractivity contribution in [1.29, 1.82) is 0 Å². The Labute approximate surface area is 84.2 Å². The van der Waals surface area contributed by atoms with Gasteiger partial charge in [0.2, 0.25) is 0 Å². The van der Waals surface area contributed by atoms with Gasteiger partial charge in [0.15, 0.2) is 5.78 Å². The molecule has 0 fully saturated rings. The van der Waals surface area contributed by atoms with Crippen LogP contribution in [-0.4, -0.2) is 12.9 Å². The van der Waals surface area contributed by atoms with Crippen molar-refractivity contribution in [2.75, 3.05) is 7.11 Å². The van der Waals surface area contributed by atoms with Crippen molar-refractivity contribution < 1.29 is 9.53 Å². The molecule has 0 heterocycles. The van der Waals surface area contributed by atoms with Gasteiger partial charge >= 0.3 is 0 Å². The first-order valence-electron chi connectivity index (χ1n) is 4.50. The molecule has 14 heavy (non-hydrogen) atoms. The van der Waals surface area contributed by atoms with Gasteiger partial charge in [-0.1, -0.05) is 13.0 Å². The average Bonchev–Trinajstić information content (AvgIpc) is 2.27. The maximum atomic E-state index is 11.7. The van der Waals surface area contributed by atoms with Gasteiger partial charge in [-0.2, -0.15) is 0 Å². The van der Waals surface area contributed by atoms with E-state index in [2.05, 4.69) is 6.58 Å². The third-order valence-corrected chi connectivity index (χ3v) is 2.14. The first kappa shape index (κ1) is 10.5. The van der Waals surface area contributed by atoms with Gasteiger partial charge in [-0.15, -0.1) is 6.58 Å². The molecule has 2 nitrogen and oxygen atoms in total. The number of methoxy groups -OCH3 is 1. The van der Waals surface area contributed by atoms with Crippen molar-refractivity contribution in [3.8, 4) is 5.75 Å². The Bertz CT molecular complexity index is 325. The predicted molar refractivity (Wildman–Crippen MR) is 56.7 cm³/mol. The Morgan fingerprint density at radius 2 is 2.00 bits per heavy atom. The van der Waals surface area contributed by atoms with E-state index in [0.29, 0.717) is 5.56 Å².